The Bertz CT molecular complexity index is 1020. The summed E-state index contributed by atoms with van der Waals surface area (Å²) in [5, 5.41) is 13.0. The maximum absolute atomic E-state index is 12.3. The third-order valence-corrected chi connectivity index (χ3v) is 4.29. The molecule has 2 aromatic carbocycles. The van der Waals surface area contributed by atoms with Crippen LogP contribution in [0.5, 0.6) is 17.2 Å². The monoisotopic (exact) mass is 410 g/mol. The molecule has 6 nitrogen and oxygen atoms in total. The highest BCUT2D eigenvalue weighted by Crippen LogP contribution is 2.33. The zero-order chi connectivity index (χ0) is 20.6. The number of nitrogens with one attached hydrogen (secondary N) is 1. The Morgan fingerprint density at radius 3 is 2.72 bits per heavy atom. The van der Waals surface area contributed by atoms with Crippen LogP contribution in [-0.2, 0) is 11.4 Å². The maximum Gasteiger partial charge on any atom is 0.248 e. The van der Waals surface area contributed by atoms with Crippen LogP contribution in [-0.4, -0.2) is 23.1 Å². The first-order valence-electron chi connectivity index (χ1n) is 8.73. The Morgan fingerprint density at radius 1 is 1.21 bits per heavy atom. The summed E-state index contributed by atoms with van der Waals surface area (Å²) in [4.78, 5) is 16.3. The van der Waals surface area contributed by atoms with Crippen LogP contribution in [0.25, 0.3) is 6.08 Å². The zero-order valence-corrected chi connectivity index (χ0v) is 16.4. The van der Waals surface area contributed by atoms with Gasteiger partial charge in [0.05, 0.1) is 17.8 Å². The van der Waals surface area contributed by atoms with E-state index in [1.807, 2.05) is 12.1 Å². The van der Waals surface area contributed by atoms with Crippen molar-refractivity contribution in [3.63, 3.8) is 0 Å². The number of phenolic OH excluding ortho intramolecular Hbond substituents is 1. The molecule has 0 bridgehead atoms. The van der Waals surface area contributed by atoms with Gasteiger partial charge in [-0.1, -0.05) is 23.7 Å². The molecule has 0 atom stereocenters. The Kier molecular flexibility index (Phi) is 6.71. The fraction of sp³-hybridized carbons (Fsp3) is 0.0909. The van der Waals surface area contributed by atoms with Crippen LogP contribution in [0.4, 0.5) is 5.69 Å². The minimum atomic E-state index is -0.365. The molecular formula is C22H19ClN2O4. The third-order valence-electron chi connectivity index (χ3n) is 3.99. The van der Waals surface area contributed by atoms with Gasteiger partial charge in [0, 0.05) is 18.5 Å². The number of methoxy groups -OCH3 is 1. The summed E-state index contributed by atoms with van der Waals surface area (Å²) >= 11 is 6.25. The Hall–Kier alpha value is -3.51. The maximum atomic E-state index is 12.3. The van der Waals surface area contributed by atoms with Crippen molar-refractivity contribution in [2.75, 3.05) is 12.4 Å². The molecule has 1 heterocycles. The average Bonchev–Trinajstić information content (AvgIpc) is 2.73. The number of halogens is 1. The molecule has 0 spiro atoms. The highest BCUT2D eigenvalue weighted by atomic mass is 35.5. The summed E-state index contributed by atoms with van der Waals surface area (Å²) in [6.45, 7) is 0.288. The van der Waals surface area contributed by atoms with Gasteiger partial charge in [-0.05, 0) is 53.6 Å². The number of rotatable bonds is 7. The van der Waals surface area contributed by atoms with E-state index >= 15 is 0 Å². The quantitative estimate of drug-likeness (QED) is 0.553. The summed E-state index contributed by atoms with van der Waals surface area (Å²) in [6, 6.07) is 13.6. The van der Waals surface area contributed by atoms with E-state index in [0.717, 1.165) is 5.56 Å². The van der Waals surface area contributed by atoms with Crippen LogP contribution in [0.2, 0.25) is 5.02 Å². The molecule has 29 heavy (non-hydrogen) atoms. The lowest BCUT2D eigenvalue weighted by molar-refractivity contribution is -0.111. The second-order valence-corrected chi connectivity index (χ2v) is 6.42. The second-order valence-electron chi connectivity index (χ2n) is 6.01. The molecule has 1 amide bonds. The Morgan fingerprint density at radius 2 is 2.00 bits per heavy atom. The predicted octanol–water partition coefficient (Wildman–Crippen LogP) is 4.68. The molecule has 0 fully saturated rings. The first kappa shape index (κ1) is 20.2. The Balaban J connectivity index is 1.70. The van der Waals surface area contributed by atoms with Crippen LogP contribution in [0, 0.1) is 0 Å². The van der Waals surface area contributed by atoms with Crippen molar-refractivity contribution in [2.45, 2.75) is 6.61 Å². The molecule has 0 aliphatic heterocycles. The van der Waals surface area contributed by atoms with E-state index in [2.05, 4.69) is 10.3 Å². The van der Waals surface area contributed by atoms with Crippen LogP contribution in [0.15, 0.2) is 67.0 Å². The van der Waals surface area contributed by atoms with Gasteiger partial charge in [-0.25, -0.2) is 0 Å². The van der Waals surface area contributed by atoms with Crippen LogP contribution < -0.4 is 14.8 Å². The summed E-state index contributed by atoms with van der Waals surface area (Å²) in [5.41, 5.74) is 2.04. The normalized spacial score (nSPS) is 10.7. The number of para-hydroxylation sites is 1. The summed E-state index contributed by atoms with van der Waals surface area (Å²) in [7, 11) is 1.47. The second kappa shape index (κ2) is 9.61. The molecule has 2 N–H and O–H groups in total. The van der Waals surface area contributed by atoms with E-state index in [9.17, 15) is 9.90 Å². The number of carbonyl (C=O) groups excluding carboxylic acids is 1. The third kappa shape index (κ3) is 5.49. The summed E-state index contributed by atoms with van der Waals surface area (Å²) < 4.78 is 10.8. The molecule has 1 aromatic heterocycles. The van der Waals surface area contributed by atoms with Crippen LogP contribution >= 0.6 is 11.6 Å². The van der Waals surface area contributed by atoms with Crippen molar-refractivity contribution < 1.29 is 19.4 Å². The lowest BCUT2D eigenvalue weighted by Crippen LogP contribution is -2.09. The number of anilines is 1. The van der Waals surface area contributed by atoms with E-state index < -0.39 is 0 Å². The standard InChI is InChI=1S/C22H19ClN2O4/c1-28-20-7-5-15(13-19(20)26)6-8-21(27)25-18-4-2-3-17(23)22(18)29-14-16-9-11-24-12-10-16/h2-13,26H,14H2,1H3,(H,25,27)/b8-6+. The molecule has 3 aromatic rings. The van der Waals surface area contributed by atoms with Gasteiger partial charge in [0.15, 0.2) is 17.2 Å². The van der Waals surface area contributed by atoms with Crippen LogP contribution in [0.1, 0.15) is 11.1 Å². The number of hydrogen-bond donors (Lipinski definition) is 2. The molecule has 3 rings (SSSR count). The van der Waals surface area contributed by atoms with Crippen molar-refractivity contribution in [3.05, 3.63) is 83.2 Å². The van der Waals surface area contributed by atoms with Crippen molar-refractivity contribution in [2.24, 2.45) is 0 Å². The molecule has 0 saturated heterocycles. The van der Waals surface area contributed by atoms with Crippen molar-refractivity contribution in [1.29, 1.82) is 0 Å². The summed E-state index contributed by atoms with van der Waals surface area (Å²) in [6.07, 6.45) is 6.29. The van der Waals surface area contributed by atoms with E-state index in [4.69, 9.17) is 21.1 Å². The minimum Gasteiger partial charge on any atom is -0.504 e. The predicted molar refractivity (Wildman–Crippen MR) is 112 cm³/mol. The molecule has 7 heteroatoms. The SMILES string of the molecule is COc1ccc(/C=C/C(=O)Nc2cccc(Cl)c2OCc2ccncc2)cc1O. The first-order valence-corrected chi connectivity index (χ1v) is 9.11. The average molecular weight is 411 g/mol. The van der Waals surface area contributed by atoms with Gasteiger partial charge in [0.1, 0.15) is 6.61 Å². The van der Waals surface area contributed by atoms with Crippen molar-refractivity contribution in [1.82, 2.24) is 4.98 Å². The number of hydrogen-bond acceptors (Lipinski definition) is 5. The molecule has 0 aliphatic carbocycles. The van der Waals surface area contributed by atoms with E-state index in [0.29, 0.717) is 27.8 Å². The first-order chi connectivity index (χ1) is 14.1. The van der Waals surface area contributed by atoms with Gasteiger partial charge < -0.3 is 19.9 Å². The van der Waals surface area contributed by atoms with E-state index in [1.54, 1.807) is 48.8 Å². The minimum absolute atomic E-state index is 0.00306. The Labute approximate surface area is 173 Å². The number of amides is 1. The largest absolute Gasteiger partial charge is 0.504 e. The lowest BCUT2D eigenvalue weighted by Gasteiger charge is -2.13. The number of carbonyl (C=O) groups is 1. The molecule has 148 valence electrons. The molecular weight excluding hydrogens is 392 g/mol. The number of benzene rings is 2. The molecule has 0 radical (unpaired) electrons. The number of aromatic nitrogens is 1. The van der Waals surface area contributed by atoms with E-state index in [1.165, 1.54) is 19.3 Å². The molecule has 0 saturated carbocycles. The van der Waals surface area contributed by atoms with Gasteiger partial charge in [0.2, 0.25) is 5.91 Å². The van der Waals surface area contributed by atoms with E-state index in [-0.39, 0.29) is 18.3 Å². The number of ether oxygens (including phenoxy) is 2. The van der Waals surface area contributed by atoms with Gasteiger partial charge in [-0.2, -0.15) is 0 Å². The number of aromatic hydroxyl groups is 1. The van der Waals surface area contributed by atoms with Crippen molar-refractivity contribution in [3.8, 4) is 17.2 Å². The van der Waals surface area contributed by atoms with Gasteiger partial charge in [-0.15, -0.1) is 0 Å². The smallest absolute Gasteiger partial charge is 0.248 e. The fourth-order valence-corrected chi connectivity index (χ4v) is 2.77. The van der Waals surface area contributed by atoms with Crippen molar-refractivity contribution >= 4 is 29.3 Å². The highest BCUT2D eigenvalue weighted by molar-refractivity contribution is 6.32. The number of nitrogens with zero attached hydrogens (tertiary/aromatic N) is 1. The van der Waals surface area contributed by atoms with Crippen LogP contribution in [0.3, 0.4) is 0 Å². The number of phenols is 1. The van der Waals surface area contributed by atoms with Gasteiger partial charge >= 0.3 is 0 Å². The lowest BCUT2D eigenvalue weighted by atomic mass is 10.2. The highest BCUT2D eigenvalue weighted by Gasteiger charge is 2.11. The summed E-state index contributed by atoms with van der Waals surface area (Å²) in [5.74, 6) is 0.379. The van der Waals surface area contributed by atoms with Gasteiger partial charge in [0.25, 0.3) is 0 Å². The molecule has 0 unspecified atom stereocenters. The fourth-order valence-electron chi connectivity index (χ4n) is 2.55. The van der Waals surface area contributed by atoms with Gasteiger partial charge in [-0.3, -0.25) is 9.78 Å². The molecule has 0 aliphatic rings. The number of pyridine rings is 1. The zero-order valence-electron chi connectivity index (χ0n) is 15.6. The topological polar surface area (TPSA) is 80.7 Å².